The first-order valence-corrected chi connectivity index (χ1v) is 8.97. The summed E-state index contributed by atoms with van der Waals surface area (Å²) in [6.45, 7) is 5.03. The number of nitrogens with one attached hydrogen (secondary N) is 2. The molecule has 1 aromatic rings. The first-order chi connectivity index (χ1) is 9.64. The fourth-order valence-electron chi connectivity index (χ4n) is 2.50. The van der Waals surface area contributed by atoms with Crippen molar-refractivity contribution in [2.75, 3.05) is 19.6 Å². The Kier molecular flexibility index (Phi) is 5.63. The number of hydrogen-bond acceptors (Lipinski definition) is 3. The van der Waals surface area contributed by atoms with Gasteiger partial charge in [0.2, 0.25) is 10.0 Å². The summed E-state index contributed by atoms with van der Waals surface area (Å²) in [6, 6.07) is 1.75. The summed E-state index contributed by atoms with van der Waals surface area (Å²) in [5, 5.41) is 3.27. The highest BCUT2D eigenvalue weighted by Crippen LogP contribution is 2.20. The molecule has 0 aromatic carbocycles. The van der Waals surface area contributed by atoms with Crippen LogP contribution in [-0.2, 0) is 16.6 Å². The highest BCUT2D eigenvalue weighted by atomic mass is 32.2. The molecule has 0 saturated carbocycles. The summed E-state index contributed by atoms with van der Waals surface area (Å²) < 4.78 is 26.8. The molecule has 0 aliphatic carbocycles. The molecular formula is C14H25N3O2S. The van der Waals surface area contributed by atoms with Crippen LogP contribution in [0.25, 0.3) is 0 Å². The number of hydrogen-bond donors (Lipinski definition) is 2. The molecule has 0 bridgehead atoms. The van der Waals surface area contributed by atoms with E-state index in [1.54, 1.807) is 16.6 Å². The van der Waals surface area contributed by atoms with E-state index in [-0.39, 0.29) is 0 Å². The van der Waals surface area contributed by atoms with Crippen molar-refractivity contribution in [1.29, 1.82) is 0 Å². The summed E-state index contributed by atoms with van der Waals surface area (Å²) in [4.78, 5) is 3.45. The van der Waals surface area contributed by atoms with Crippen molar-refractivity contribution in [3.8, 4) is 0 Å². The Morgan fingerprint density at radius 3 is 2.60 bits per heavy atom. The van der Waals surface area contributed by atoms with Crippen molar-refractivity contribution in [3.63, 3.8) is 0 Å². The minimum Gasteiger partial charge on any atom is -0.363 e. The normalized spacial score (nSPS) is 18.1. The zero-order valence-corrected chi connectivity index (χ0v) is 13.0. The van der Waals surface area contributed by atoms with Gasteiger partial charge in [0.25, 0.3) is 0 Å². The van der Waals surface area contributed by atoms with Gasteiger partial charge in [-0.05, 0) is 31.9 Å². The van der Waals surface area contributed by atoms with Gasteiger partial charge in [0.15, 0.2) is 0 Å². The Morgan fingerprint density at radius 1 is 1.25 bits per heavy atom. The van der Waals surface area contributed by atoms with Gasteiger partial charge >= 0.3 is 0 Å². The number of aromatic nitrogens is 1. The first kappa shape index (κ1) is 15.5. The zero-order chi connectivity index (χ0) is 14.4. The van der Waals surface area contributed by atoms with Gasteiger partial charge in [-0.15, -0.1) is 0 Å². The van der Waals surface area contributed by atoms with E-state index >= 15 is 0 Å². The van der Waals surface area contributed by atoms with Crippen molar-refractivity contribution in [3.05, 3.63) is 18.0 Å². The molecule has 20 heavy (non-hydrogen) atoms. The van der Waals surface area contributed by atoms with E-state index in [0.29, 0.717) is 24.5 Å². The third kappa shape index (κ3) is 3.84. The average molecular weight is 299 g/mol. The van der Waals surface area contributed by atoms with Crippen LogP contribution in [0.5, 0.6) is 0 Å². The van der Waals surface area contributed by atoms with Crippen LogP contribution in [0.4, 0.5) is 0 Å². The van der Waals surface area contributed by atoms with Crippen LogP contribution in [0.1, 0.15) is 44.7 Å². The fourth-order valence-corrected chi connectivity index (χ4v) is 4.04. The van der Waals surface area contributed by atoms with Crippen LogP contribution >= 0.6 is 0 Å². The van der Waals surface area contributed by atoms with E-state index in [1.807, 2.05) is 0 Å². The minimum absolute atomic E-state index is 0.396. The van der Waals surface area contributed by atoms with Crippen molar-refractivity contribution in [1.82, 2.24) is 14.6 Å². The second-order valence-corrected chi connectivity index (χ2v) is 7.29. The molecule has 1 aliphatic rings. The average Bonchev–Trinajstić information content (AvgIpc) is 2.73. The fraction of sp³-hybridized carbons (Fsp3) is 0.714. The van der Waals surface area contributed by atoms with Gasteiger partial charge in [-0.3, -0.25) is 0 Å². The molecule has 0 spiro atoms. The number of rotatable bonds is 6. The number of sulfonamides is 1. The Labute approximate surface area is 121 Å². The Morgan fingerprint density at radius 2 is 1.95 bits per heavy atom. The van der Waals surface area contributed by atoms with Gasteiger partial charge in [-0.25, -0.2) is 8.42 Å². The minimum atomic E-state index is -3.32. The molecular weight excluding hydrogens is 274 g/mol. The lowest BCUT2D eigenvalue weighted by molar-refractivity contribution is 0.424. The number of nitrogens with zero attached hydrogens (tertiary/aromatic N) is 1. The molecule has 2 N–H and O–H groups in total. The van der Waals surface area contributed by atoms with Crippen LogP contribution in [-0.4, -0.2) is 37.3 Å². The number of aromatic amines is 1. The topological polar surface area (TPSA) is 65.2 Å². The monoisotopic (exact) mass is 299 g/mol. The third-order valence-electron chi connectivity index (χ3n) is 3.66. The molecule has 1 aliphatic heterocycles. The molecule has 1 fully saturated rings. The predicted octanol–water partition coefficient (Wildman–Crippen LogP) is 2.08. The first-order valence-electron chi connectivity index (χ1n) is 7.52. The largest absolute Gasteiger partial charge is 0.363 e. The molecule has 0 radical (unpaired) electrons. The molecule has 114 valence electrons. The highest BCUT2D eigenvalue weighted by Gasteiger charge is 2.25. The summed E-state index contributed by atoms with van der Waals surface area (Å²) in [5.74, 6) is 0. The van der Waals surface area contributed by atoms with Gasteiger partial charge in [-0.1, -0.05) is 19.8 Å². The van der Waals surface area contributed by atoms with Crippen molar-refractivity contribution in [2.24, 2.45) is 0 Å². The van der Waals surface area contributed by atoms with E-state index in [1.165, 1.54) is 0 Å². The maximum atomic E-state index is 12.6. The molecule has 0 amide bonds. The zero-order valence-electron chi connectivity index (χ0n) is 12.2. The summed E-state index contributed by atoms with van der Waals surface area (Å²) in [6.07, 6.45) is 6.88. The summed E-state index contributed by atoms with van der Waals surface area (Å²) in [5.41, 5.74) is 0.923. The van der Waals surface area contributed by atoms with Crippen LogP contribution in [0, 0.1) is 0 Å². The standard InChI is InChI=1S/C14H25N3O2S/c1-2-7-15-11-13-10-14(12-16-13)20(18,19)17-8-5-3-4-6-9-17/h10,12,15-16H,2-9,11H2,1H3. The van der Waals surface area contributed by atoms with Crippen LogP contribution in [0.3, 0.4) is 0 Å². The van der Waals surface area contributed by atoms with Gasteiger partial charge in [-0.2, -0.15) is 4.31 Å². The van der Waals surface area contributed by atoms with Crippen molar-refractivity contribution >= 4 is 10.0 Å². The lowest BCUT2D eigenvalue weighted by Gasteiger charge is -2.18. The molecule has 2 heterocycles. The lowest BCUT2D eigenvalue weighted by Crippen LogP contribution is -2.31. The Balaban J connectivity index is 2.05. The summed E-state index contributed by atoms with van der Waals surface area (Å²) in [7, 11) is -3.32. The van der Waals surface area contributed by atoms with Crippen molar-refractivity contribution in [2.45, 2.75) is 50.5 Å². The molecule has 0 atom stereocenters. The maximum absolute atomic E-state index is 12.6. The van der Waals surface area contributed by atoms with E-state index in [2.05, 4.69) is 17.2 Å². The van der Waals surface area contributed by atoms with Crippen LogP contribution in [0.2, 0.25) is 0 Å². The quantitative estimate of drug-likeness (QED) is 0.790. The maximum Gasteiger partial charge on any atom is 0.244 e. The van der Waals surface area contributed by atoms with Crippen LogP contribution in [0.15, 0.2) is 17.2 Å². The second-order valence-electron chi connectivity index (χ2n) is 5.36. The lowest BCUT2D eigenvalue weighted by atomic mass is 10.2. The van der Waals surface area contributed by atoms with Gasteiger partial charge in [0.1, 0.15) is 0 Å². The predicted molar refractivity (Wildman–Crippen MR) is 80.0 cm³/mol. The molecule has 0 unspecified atom stereocenters. The van der Waals surface area contributed by atoms with Crippen LogP contribution < -0.4 is 5.32 Å². The van der Waals surface area contributed by atoms with Crippen molar-refractivity contribution < 1.29 is 8.42 Å². The molecule has 1 aromatic heterocycles. The Hall–Kier alpha value is -0.850. The third-order valence-corrected chi connectivity index (χ3v) is 5.54. The van der Waals surface area contributed by atoms with Gasteiger partial charge in [0, 0.05) is 31.5 Å². The van der Waals surface area contributed by atoms with E-state index in [9.17, 15) is 8.42 Å². The molecule has 6 heteroatoms. The van der Waals surface area contributed by atoms with Gasteiger partial charge in [0.05, 0.1) is 4.90 Å². The molecule has 1 saturated heterocycles. The SMILES string of the molecule is CCCNCc1cc(S(=O)(=O)N2CCCCCC2)c[nH]1. The van der Waals surface area contributed by atoms with E-state index in [4.69, 9.17) is 0 Å². The second kappa shape index (κ2) is 7.24. The van der Waals surface area contributed by atoms with E-state index < -0.39 is 10.0 Å². The highest BCUT2D eigenvalue weighted by molar-refractivity contribution is 7.89. The van der Waals surface area contributed by atoms with E-state index in [0.717, 1.165) is 44.3 Å². The number of H-pyrrole nitrogens is 1. The molecule has 5 nitrogen and oxygen atoms in total. The van der Waals surface area contributed by atoms with Gasteiger partial charge < -0.3 is 10.3 Å². The summed E-state index contributed by atoms with van der Waals surface area (Å²) >= 11 is 0. The molecule has 2 rings (SSSR count). The smallest absolute Gasteiger partial charge is 0.244 e. The Bertz CT molecular complexity index is 502.